The summed E-state index contributed by atoms with van der Waals surface area (Å²) in [5.41, 5.74) is 0.820. The fraction of sp³-hybridized carbons (Fsp3) is 0.353. The second-order valence-corrected chi connectivity index (χ2v) is 5.67. The highest BCUT2D eigenvalue weighted by Crippen LogP contribution is 2.39. The van der Waals surface area contributed by atoms with Crippen LogP contribution in [-0.4, -0.2) is 26.3 Å². The molecule has 1 aromatic rings. The fourth-order valence-electron chi connectivity index (χ4n) is 2.21. The molecule has 1 aliphatic carbocycles. The van der Waals surface area contributed by atoms with Crippen molar-refractivity contribution in [3.05, 3.63) is 40.4 Å². The van der Waals surface area contributed by atoms with Crippen LogP contribution in [0.3, 0.4) is 0 Å². The molecule has 0 bridgehead atoms. The van der Waals surface area contributed by atoms with Crippen molar-refractivity contribution in [2.75, 3.05) is 14.2 Å². The minimum atomic E-state index is -0.402. The predicted octanol–water partition coefficient (Wildman–Crippen LogP) is 4.13. The minimum Gasteiger partial charge on any atom is -0.493 e. The normalized spacial score (nSPS) is 17.5. The van der Waals surface area contributed by atoms with Gasteiger partial charge in [-0.05, 0) is 65.0 Å². The van der Waals surface area contributed by atoms with Gasteiger partial charge in [-0.3, -0.25) is 0 Å². The van der Waals surface area contributed by atoms with Crippen LogP contribution in [-0.2, 0) is 9.53 Å². The van der Waals surface area contributed by atoms with Gasteiger partial charge in [-0.25, -0.2) is 4.79 Å². The van der Waals surface area contributed by atoms with E-state index in [0.29, 0.717) is 11.5 Å². The first kappa shape index (κ1) is 16.6. The van der Waals surface area contributed by atoms with Gasteiger partial charge in [0.1, 0.15) is 6.10 Å². The van der Waals surface area contributed by atoms with Crippen molar-refractivity contribution in [1.82, 2.24) is 0 Å². The molecule has 0 fully saturated rings. The molecule has 2 rings (SSSR count). The van der Waals surface area contributed by atoms with Gasteiger partial charge in [0.2, 0.25) is 0 Å². The molecule has 0 saturated carbocycles. The molecule has 1 aliphatic rings. The van der Waals surface area contributed by atoms with Crippen LogP contribution in [0.4, 0.5) is 0 Å². The van der Waals surface area contributed by atoms with E-state index in [1.165, 1.54) is 13.2 Å². The second kappa shape index (κ2) is 8.03. The summed E-state index contributed by atoms with van der Waals surface area (Å²) < 4.78 is 16.8. The summed E-state index contributed by atoms with van der Waals surface area (Å²) in [6.45, 7) is 0. The maximum absolute atomic E-state index is 11.2. The third kappa shape index (κ3) is 4.13. The van der Waals surface area contributed by atoms with Crippen molar-refractivity contribution in [3.8, 4) is 11.5 Å². The molecule has 0 heterocycles. The number of rotatable bonds is 5. The lowest BCUT2D eigenvalue weighted by molar-refractivity contribution is -0.134. The Balaban J connectivity index is 2.29. The Morgan fingerprint density at radius 2 is 2.18 bits per heavy atom. The molecular formula is C17H19BrO4. The van der Waals surface area contributed by atoms with Crippen molar-refractivity contribution in [1.29, 1.82) is 0 Å². The highest BCUT2D eigenvalue weighted by Gasteiger charge is 2.17. The number of ether oxygens (including phenoxy) is 3. The first-order valence-corrected chi connectivity index (χ1v) is 7.91. The number of esters is 1. The summed E-state index contributed by atoms with van der Waals surface area (Å²) in [6.07, 6.45) is 10.5. The molecule has 118 valence electrons. The maximum atomic E-state index is 11.2. The zero-order chi connectivity index (χ0) is 15.9. The summed E-state index contributed by atoms with van der Waals surface area (Å²) in [7, 11) is 2.95. The van der Waals surface area contributed by atoms with Crippen LogP contribution >= 0.6 is 15.9 Å². The Hall–Kier alpha value is -1.75. The molecule has 0 aliphatic heterocycles. The quantitative estimate of drug-likeness (QED) is 0.446. The Kier molecular flexibility index (Phi) is 6.07. The summed E-state index contributed by atoms with van der Waals surface area (Å²) in [6, 6.07) is 3.68. The van der Waals surface area contributed by atoms with E-state index in [4.69, 9.17) is 9.47 Å². The number of carbonyl (C=O) groups excluding carboxylic acids is 1. The van der Waals surface area contributed by atoms with E-state index >= 15 is 0 Å². The van der Waals surface area contributed by atoms with E-state index in [1.54, 1.807) is 13.2 Å². The number of halogens is 1. The SMILES string of the molecule is COC(=O)/C=C\c1ccc(OC)c(OC2C=CCCC2)c1Br. The molecule has 0 radical (unpaired) electrons. The predicted molar refractivity (Wildman–Crippen MR) is 89.2 cm³/mol. The van der Waals surface area contributed by atoms with Crippen LogP contribution in [0.5, 0.6) is 11.5 Å². The highest BCUT2D eigenvalue weighted by atomic mass is 79.9. The molecule has 0 spiro atoms. The van der Waals surface area contributed by atoms with Crippen molar-refractivity contribution in [2.45, 2.75) is 25.4 Å². The molecule has 1 atom stereocenters. The molecule has 4 nitrogen and oxygen atoms in total. The third-order valence-electron chi connectivity index (χ3n) is 3.39. The van der Waals surface area contributed by atoms with Gasteiger partial charge in [-0.1, -0.05) is 6.08 Å². The average Bonchev–Trinajstić information content (AvgIpc) is 2.56. The second-order valence-electron chi connectivity index (χ2n) is 4.87. The van der Waals surface area contributed by atoms with Crippen LogP contribution in [0.15, 0.2) is 34.8 Å². The molecule has 1 aromatic carbocycles. The Bertz CT molecular complexity index is 593. The Morgan fingerprint density at radius 1 is 1.36 bits per heavy atom. The van der Waals surface area contributed by atoms with Crippen LogP contribution in [0, 0.1) is 0 Å². The van der Waals surface area contributed by atoms with E-state index < -0.39 is 5.97 Å². The lowest BCUT2D eigenvalue weighted by Crippen LogP contribution is -2.16. The first-order chi connectivity index (χ1) is 10.7. The summed E-state index contributed by atoms with van der Waals surface area (Å²) in [4.78, 5) is 11.2. The molecule has 0 amide bonds. The summed E-state index contributed by atoms with van der Waals surface area (Å²) in [5.74, 6) is 0.896. The van der Waals surface area contributed by atoms with Crippen LogP contribution < -0.4 is 9.47 Å². The summed E-state index contributed by atoms with van der Waals surface area (Å²) in [5, 5.41) is 0. The molecule has 1 unspecified atom stereocenters. The van der Waals surface area contributed by atoms with Crippen molar-refractivity contribution in [3.63, 3.8) is 0 Å². The van der Waals surface area contributed by atoms with E-state index in [-0.39, 0.29) is 6.10 Å². The standard InChI is InChI=1S/C17H19BrO4/c1-20-14-10-8-12(9-11-15(19)21-2)16(18)17(14)22-13-6-4-3-5-7-13/h4,6,8-11,13H,3,5,7H2,1-2H3/b11-9-. The number of methoxy groups -OCH3 is 2. The maximum Gasteiger partial charge on any atom is 0.330 e. The van der Waals surface area contributed by atoms with Gasteiger partial charge < -0.3 is 14.2 Å². The lowest BCUT2D eigenvalue weighted by atomic mass is 10.1. The van der Waals surface area contributed by atoms with E-state index in [1.807, 2.05) is 12.1 Å². The van der Waals surface area contributed by atoms with Crippen molar-refractivity contribution in [2.24, 2.45) is 0 Å². The number of hydrogen-bond acceptors (Lipinski definition) is 4. The van der Waals surface area contributed by atoms with Gasteiger partial charge in [0.05, 0.1) is 18.7 Å². The largest absolute Gasteiger partial charge is 0.493 e. The topological polar surface area (TPSA) is 44.8 Å². The van der Waals surface area contributed by atoms with Gasteiger partial charge >= 0.3 is 5.97 Å². The Morgan fingerprint density at radius 3 is 2.82 bits per heavy atom. The monoisotopic (exact) mass is 366 g/mol. The molecule has 22 heavy (non-hydrogen) atoms. The third-order valence-corrected chi connectivity index (χ3v) is 4.21. The van der Waals surface area contributed by atoms with Crippen LogP contribution in [0.25, 0.3) is 6.08 Å². The molecule has 5 heteroatoms. The molecular weight excluding hydrogens is 348 g/mol. The van der Waals surface area contributed by atoms with Gasteiger partial charge in [-0.15, -0.1) is 0 Å². The van der Waals surface area contributed by atoms with Crippen LogP contribution in [0.2, 0.25) is 0 Å². The first-order valence-electron chi connectivity index (χ1n) is 7.11. The zero-order valence-corrected chi connectivity index (χ0v) is 14.3. The average molecular weight is 367 g/mol. The van der Waals surface area contributed by atoms with Crippen molar-refractivity contribution < 1.29 is 19.0 Å². The van der Waals surface area contributed by atoms with E-state index in [2.05, 4.69) is 32.8 Å². The number of benzene rings is 1. The van der Waals surface area contributed by atoms with Gasteiger partial charge in [0.15, 0.2) is 11.5 Å². The molecule has 0 N–H and O–H groups in total. The van der Waals surface area contributed by atoms with Crippen LogP contribution in [0.1, 0.15) is 24.8 Å². The smallest absolute Gasteiger partial charge is 0.330 e. The van der Waals surface area contributed by atoms with Gasteiger partial charge in [-0.2, -0.15) is 0 Å². The van der Waals surface area contributed by atoms with E-state index in [9.17, 15) is 4.79 Å². The summed E-state index contributed by atoms with van der Waals surface area (Å²) >= 11 is 3.54. The van der Waals surface area contributed by atoms with Crippen molar-refractivity contribution >= 4 is 28.0 Å². The molecule has 0 saturated heterocycles. The lowest BCUT2D eigenvalue weighted by Gasteiger charge is -2.21. The van der Waals surface area contributed by atoms with Gasteiger partial charge in [0, 0.05) is 6.08 Å². The van der Waals surface area contributed by atoms with E-state index in [0.717, 1.165) is 29.3 Å². The number of allylic oxidation sites excluding steroid dienone is 1. The highest BCUT2D eigenvalue weighted by molar-refractivity contribution is 9.10. The fourth-order valence-corrected chi connectivity index (χ4v) is 2.76. The minimum absolute atomic E-state index is 0.0405. The van der Waals surface area contributed by atoms with Gasteiger partial charge in [0.25, 0.3) is 0 Å². The number of carbonyl (C=O) groups is 1. The molecule has 0 aromatic heterocycles. The zero-order valence-electron chi connectivity index (χ0n) is 12.7. The Labute approximate surface area is 138 Å². The number of hydrogen-bond donors (Lipinski definition) is 0.